The van der Waals surface area contributed by atoms with Crippen molar-refractivity contribution in [2.75, 3.05) is 0 Å². The van der Waals surface area contributed by atoms with E-state index in [1.807, 2.05) is 29.1 Å². The van der Waals surface area contributed by atoms with Gasteiger partial charge in [-0.15, -0.1) is 0 Å². The second-order valence-electron chi connectivity index (χ2n) is 6.31. The van der Waals surface area contributed by atoms with E-state index in [1.54, 1.807) is 0 Å². The Bertz CT molecular complexity index is 716. The van der Waals surface area contributed by atoms with Gasteiger partial charge in [-0.25, -0.2) is 4.68 Å². The van der Waals surface area contributed by atoms with E-state index in [0.717, 1.165) is 16.9 Å². The normalized spacial score (nSPS) is 11.6. The highest BCUT2D eigenvalue weighted by Crippen LogP contribution is 2.25. The summed E-state index contributed by atoms with van der Waals surface area (Å²) in [6.45, 7) is 6.68. The molecule has 0 bridgehead atoms. The zero-order valence-corrected chi connectivity index (χ0v) is 12.7. The van der Waals surface area contributed by atoms with Crippen LogP contribution in [0.25, 0.3) is 16.9 Å². The smallest absolute Gasteiger partial charge is 0.0927 e. The molecule has 0 saturated heterocycles. The first kappa shape index (κ1) is 13.6. The molecule has 0 spiro atoms. The van der Waals surface area contributed by atoms with E-state index in [-0.39, 0.29) is 5.41 Å². The van der Waals surface area contributed by atoms with Crippen molar-refractivity contribution in [2.45, 2.75) is 26.2 Å². The molecular weight excluding hydrogens is 256 g/mol. The van der Waals surface area contributed by atoms with E-state index in [1.165, 1.54) is 5.56 Å². The van der Waals surface area contributed by atoms with Crippen LogP contribution in [0.1, 0.15) is 26.3 Å². The fraction of sp³-hybridized carbons (Fsp3) is 0.211. The van der Waals surface area contributed by atoms with Gasteiger partial charge >= 0.3 is 0 Å². The minimum Gasteiger partial charge on any atom is -0.240 e. The van der Waals surface area contributed by atoms with Gasteiger partial charge in [0.15, 0.2) is 0 Å². The summed E-state index contributed by atoms with van der Waals surface area (Å²) in [5.74, 6) is 0. The van der Waals surface area contributed by atoms with Crippen LogP contribution in [0.3, 0.4) is 0 Å². The molecule has 0 aliphatic heterocycles. The molecule has 0 aliphatic carbocycles. The van der Waals surface area contributed by atoms with Crippen molar-refractivity contribution in [3.05, 3.63) is 72.4 Å². The van der Waals surface area contributed by atoms with Gasteiger partial charge in [0.05, 0.1) is 11.4 Å². The Balaban J connectivity index is 1.90. The lowest BCUT2D eigenvalue weighted by molar-refractivity contribution is 0.590. The van der Waals surface area contributed by atoms with Crippen molar-refractivity contribution in [1.29, 1.82) is 0 Å². The molecule has 0 atom stereocenters. The molecule has 21 heavy (non-hydrogen) atoms. The van der Waals surface area contributed by atoms with E-state index in [0.29, 0.717) is 0 Å². The largest absolute Gasteiger partial charge is 0.240 e. The molecule has 0 saturated carbocycles. The molecule has 0 aliphatic rings. The average molecular weight is 276 g/mol. The Labute approximate surface area is 126 Å². The molecule has 2 aromatic carbocycles. The summed E-state index contributed by atoms with van der Waals surface area (Å²) >= 11 is 0. The van der Waals surface area contributed by atoms with Gasteiger partial charge in [0.1, 0.15) is 0 Å². The molecule has 0 N–H and O–H groups in total. The number of rotatable bonds is 2. The van der Waals surface area contributed by atoms with Crippen molar-refractivity contribution >= 4 is 0 Å². The fourth-order valence-corrected chi connectivity index (χ4v) is 2.34. The summed E-state index contributed by atoms with van der Waals surface area (Å²) in [6, 6.07) is 20.9. The SMILES string of the molecule is CC(C)(C)c1ccc(-c2ccn(-c3ccccc3)n2)cc1. The number of benzene rings is 2. The van der Waals surface area contributed by atoms with Gasteiger partial charge in [0, 0.05) is 11.8 Å². The van der Waals surface area contributed by atoms with Crippen LogP contribution in [0, 0.1) is 0 Å². The maximum absolute atomic E-state index is 4.66. The van der Waals surface area contributed by atoms with Gasteiger partial charge in [-0.1, -0.05) is 63.2 Å². The predicted molar refractivity (Wildman–Crippen MR) is 87.7 cm³/mol. The summed E-state index contributed by atoms with van der Waals surface area (Å²) in [5, 5.41) is 4.66. The number of aromatic nitrogens is 2. The van der Waals surface area contributed by atoms with Crippen molar-refractivity contribution in [3.8, 4) is 16.9 Å². The number of para-hydroxylation sites is 1. The first-order valence-electron chi connectivity index (χ1n) is 7.26. The Morgan fingerprint density at radius 3 is 2.10 bits per heavy atom. The molecule has 2 heteroatoms. The van der Waals surface area contributed by atoms with E-state index in [2.05, 4.69) is 68.3 Å². The molecule has 1 heterocycles. The van der Waals surface area contributed by atoms with Crippen LogP contribution >= 0.6 is 0 Å². The molecule has 0 unspecified atom stereocenters. The van der Waals surface area contributed by atoms with Crippen LogP contribution in [0.15, 0.2) is 66.9 Å². The highest BCUT2D eigenvalue weighted by molar-refractivity contribution is 5.59. The number of hydrogen-bond acceptors (Lipinski definition) is 1. The molecule has 0 fully saturated rings. The van der Waals surface area contributed by atoms with E-state index in [4.69, 9.17) is 0 Å². The summed E-state index contributed by atoms with van der Waals surface area (Å²) < 4.78 is 1.91. The van der Waals surface area contributed by atoms with Gasteiger partial charge in [0.25, 0.3) is 0 Å². The standard InChI is InChI=1S/C19H20N2/c1-19(2,3)16-11-9-15(10-12-16)18-13-14-21(20-18)17-7-5-4-6-8-17/h4-14H,1-3H3. The van der Waals surface area contributed by atoms with Crippen molar-refractivity contribution in [2.24, 2.45) is 0 Å². The first-order valence-corrected chi connectivity index (χ1v) is 7.26. The molecule has 1 aromatic heterocycles. The minimum absolute atomic E-state index is 0.182. The Kier molecular flexibility index (Phi) is 3.38. The van der Waals surface area contributed by atoms with Crippen LogP contribution in [0.5, 0.6) is 0 Å². The van der Waals surface area contributed by atoms with Crippen LogP contribution < -0.4 is 0 Å². The lowest BCUT2D eigenvalue weighted by atomic mass is 9.86. The van der Waals surface area contributed by atoms with Crippen LogP contribution in [-0.2, 0) is 5.41 Å². The second-order valence-corrected chi connectivity index (χ2v) is 6.31. The zero-order valence-electron chi connectivity index (χ0n) is 12.7. The maximum atomic E-state index is 4.66. The third kappa shape index (κ3) is 2.89. The fourth-order valence-electron chi connectivity index (χ4n) is 2.34. The zero-order chi connectivity index (χ0) is 14.9. The van der Waals surface area contributed by atoms with Crippen molar-refractivity contribution < 1.29 is 0 Å². The van der Waals surface area contributed by atoms with E-state index < -0.39 is 0 Å². The third-order valence-electron chi connectivity index (χ3n) is 3.66. The minimum atomic E-state index is 0.182. The Morgan fingerprint density at radius 1 is 0.810 bits per heavy atom. The average Bonchev–Trinajstić information content (AvgIpc) is 2.97. The van der Waals surface area contributed by atoms with Crippen LogP contribution in [0.2, 0.25) is 0 Å². The van der Waals surface area contributed by atoms with Gasteiger partial charge in [0.2, 0.25) is 0 Å². The molecule has 3 aromatic rings. The van der Waals surface area contributed by atoms with Gasteiger partial charge in [-0.2, -0.15) is 5.10 Å². The number of hydrogen-bond donors (Lipinski definition) is 0. The lowest BCUT2D eigenvalue weighted by Crippen LogP contribution is -2.10. The Morgan fingerprint density at radius 2 is 1.48 bits per heavy atom. The van der Waals surface area contributed by atoms with Gasteiger partial charge < -0.3 is 0 Å². The summed E-state index contributed by atoms with van der Waals surface area (Å²) in [6.07, 6.45) is 2.00. The highest BCUT2D eigenvalue weighted by Gasteiger charge is 2.13. The van der Waals surface area contributed by atoms with Crippen LogP contribution in [0.4, 0.5) is 0 Å². The molecular formula is C19H20N2. The maximum Gasteiger partial charge on any atom is 0.0927 e. The summed E-state index contributed by atoms with van der Waals surface area (Å²) in [5.41, 5.74) is 4.75. The molecule has 2 nitrogen and oxygen atoms in total. The Hall–Kier alpha value is -2.35. The second kappa shape index (κ2) is 5.21. The van der Waals surface area contributed by atoms with Crippen molar-refractivity contribution in [1.82, 2.24) is 9.78 Å². The van der Waals surface area contributed by atoms with E-state index >= 15 is 0 Å². The highest BCUT2D eigenvalue weighted by atomic mass is 15.3. The first-order chi connectivity index (χ1) is 10.0. The predicted octanol–water partition coefficient (Wildman–Crippen LogP) is 4.84. The summed E-state index contributed by atoms with van der Waals surface area (Å²) in [7, 11) is 0. The molecule has 3 rings (SSSR count). The number of nitrogens with zero attached hydrogens (tertiary/aromatic N) is 2. The van der Waals surface area contributed by atoms with Crippen LogP contribution in [-0.4, -0.2) is 9.78 Å². The monoisotopic (exact) mass is 276 g/mol. The third-order valence-corrected chi connectivity index (χ3v) is 3.66. The molecule has 0 amide bonds. The van der Waals surface area contributed by atoms with Gasteiger partial charge in [-0.3, -0.25) is 0 Å². The molecule has 0 radical (unpaired) electrons. The lowest BCUT2D eigenvalue weighted by Gasteiger charge is -2.18. The molecule has 106 valence electrons. The quantitative estimate of drug-likeness (QED) is 0.655. The van der Waals surface area contributed by atoms with Gasteiger partial charge in [-0.05, 0) is 29.2 Å². The summed E-state index contributed by atoms with van der Waals surface area (Å²) in [4.78, 5) is 0. The van der Waals surface area contributed by atoms with Crippen molar-refractivity contribution in [3.63, 3.8) is 0 Å². The van der Waals surface area contributed by atoms with E-state index in [9.17, 15) is 0 Å². The topological polar surface area (TPSA) is 17.8 Å².